The fourth-order valence-electron chi connectivity index (χ4n) is 1.28. The predicted octanol–water partition coefficient (Wildman–Crippen LogP) is -1.82. The summed E-state index contributed by atoms with van der Waals surface area (Å²) in [7, 11) is -2.80. The third-order valence-electron chi connectivity index (χ3n) is 2.02. The van der Waals surface area contributed by atoms with Crippen LogP contribution >= 0.6 is 0 Å². The zero-order chi connectivity index (χ0) is 13.6. The molecular weight excluding hydrogens is 299 g/mol. The van der Waals surface area contributed by atoms with E-state index >= 15 is 0 Å². The summed E-state index contributed by atoms with van der Waals surface area (Å²) in [5, 5.41) is 0. The van der Waals surface area contributed by atoms with Crippen molar-refractivity contribution in [2.24, 2.45) is 0 Å². The predicted molar refractivity (Wildman–Crippen MR) is 63.2 cm³/mol. The van der Waals surface area contributed by atoms with Crippen molar-refractivity contribution < 1.29 is 80.0 Å². The van der Waals surface area contributed by atoms with E-state index in [1.165, 1.54) is 24.3 Å². The van der Waals surface area contributed by atoms with Gasteiger partial charge in [-0.25, -0.2) is 4.89 Å². The molecule has 0 saturated heterocycles. The van der Waals surface area contributed by atoms with Gasteiger partial charge in [-0.05, 0) is 24.6 Å². The molecule has 102 valence electrons. The summed E-state index contributed by atoms with van der Waals surface area (Å²) in [6.07, 6.45) is 0.0965. The van der Waals surface area contributed by atoms with Gasteiger partial charge in [-0.1, -0.05) is 12.1 Å². The number of carbonyl (C=O) groups excluding carboxylic acids is 1. The number of ether oxygens (including phenoxy) is 1. The molecule has 0 atom stereocenters. The van der Waals surface area contributed by atoms with Crippen LogP contribution in [0.4, 0.5) is 0 Å². The number of esters is 1. The van der Waals surface area contributed by atoms with Gasteiger partial charge in [0.2, 0.25) is 0 Å². The molecule has 0 bridgehead atoms. The Labute approximate surface area is 156 Å². The summed E-state index contributed by atoms with van der Waals surface area (Å²) < 4.78 is 31.8. The quantitative estimate of drug-likeness (QED) is 0.266. The minimum Gasteiger partial charge on any atom is -1.00 e. The molecule has 0 fully saturated rings. The third kappa shape index (κ3) is 6.45. The molecule has 8 heteroatoms. The first-order valence-electron chi connectivity index (χ1n) is 5.21. The van der Waals surface area contributed by atoms with Crippen LogP contribution in [-0.4, -0.2) is 28.1 Å². The molecule has 0 aromatic heterocycles. The molecule has 0 heterocycles. The first-order valence-corrected chi connectivity index (χ1v) is 6.62. The van der Waals surface area contributed by atoms with Gasteiger partial charge in [0, 0.05) is 0 Å². The van der Waals surface area contributed by atoms with E-state index in [9.17, 15) is 13.2 Å². The molecule has 6 nitrogen and oxygen atoms in total. The molecule has 1 rings (SSSR count). The molecule has 0 N–H and O–H groups in total. The number of rotatable bonds is 6. The summed E-state index contributed by atoms with van der Waals surface area (Å²) in [6, 6.07) is 5.71. The van der Waals surface area contributed by atoms with Gasteiger partial charge in [-0.15, -0.1) is 4.33 Å². The Hall–Kier alpha value is 0.196. The maximum absolute atomic E-state index is 11.4. The van der Waals surface area contributed by atoms with Crippen molar-refractivity contribution in [2.45, 2.75) is 18.2 Å². The van der Waals surface area contributed by atoms with E-state index in [1.54, 1.807) is 6.92 Å². The zero-order valence-corrected chi connectivity index (χ0v) is 15.0. The maximum Gasteiger partial charge on any atom is 1.00 e. The minimum absolute atomic E-state index is 0. The largest absolute Gasteiger partial charge is 1.00 e. The zero-order valence-electron chi connectivity index (χ0n) is 12.1. The van der Waals surface area contributed by atoms with Crippen molar-refractivity contribution in [1.82, 2.24) is 0 Å². The second-order valence-corrected chi connectivity index (χ2v) is 4.83. The van der Waals surface area contributed by atoms with Crippen molar-refractivity contribution in [3.05, 3.63) is 29.8 Å². The van der Waals surface area contributed by atoms with E-state index in [1.807, 2.05) is 0 Å². The summed E-state index contributed by atoms with van der Waals surface area (Å²) in [5.41, 5.74) is 0.657. The molecule has 19 heavy (non-hydrogen) atoms. The standard InChI is InChI=1S/C11H14O6S.K.H/c1-3-16-11(12)8-9-4-6-10(7-5-9)18(13,14)17-15-2;;/h4-7H,3,8H2,1-2H3;;/q;+1;-1. The van der Waals surface area contributed by atoms with Gasteiger partial charge < -0.3 is 6.16 Å². The van der Waals surface area contributed by atoms with E-state index in [2.05, 4.69) is 9.22 Å². The van der Waals surface area contributed by atoms with Crippen LogP contribution in [0.5, 0.6) is 0 Å². The van der Waals surface area contributed by atoms with Crippen molar-refractivity contribution in [1.29, 1.82) is 0 Å². The van der Waals surface area contributed by atoms with Crippen molar-refractivity contribution in [2.75, 3.05) is 13.7 Å². The van der Waals surface area contributed by atoms with Gasteiger partial charge in [0.15, 0.2) is 0 Å². The summed E-state index contributed by atoms with van der Waals surface area (Å²) >= 11 is 0. The fourth-order valence-corrected chi connectivity index (χ4v) is 2.01. The summed E-state index contributed by atoms with van der Waals surface area (Å²) in [5.74, 6) is -0.360. The van der Waals surface area contributed by atoms with Gasteiger partial charge in [0.25, 0.3) is 0 Å². The second-order valence-electron chi connectivity index (χ2n) is 3.31. The average molecular weight is 314 g/mol. The number of hydrogen-bond donors (Lipinski definition) is 0. The summed E-state index contributed by atoms with van der Waals surface area (Å²) in [6.45, 7) is 2.03. The van der Waals surface area contributed by atoms with E-state index in [0.717, 1.165) is 7.11 Å². The molecule has 0 aliphatic carbocycles. The Morgan fingerprint density at radius 3 is 2.32 bits per heavy atom. The van der Waals surface area contributed by atoms with E-state index < -0.39 is 10.1 Å². The first-order chi connectivity index (χ1) is 8.49. The van der Waals surface area contributed by atoms with Crippen LogP contribution < -0.4 is 51.4 Å². The van der Waals surface area contributed by atoms with Crippen molar-refractivity contribution >= 4 is 16.1 Å². The molecule has 0 amide bonds. The molecular formula is C11H15KO6S. The minimum atomic E-state index is -3.90. The number of benzene rings is 1. The first kappa shape index (κ1) is 19.2. The Kier molecular flexibility index (Phi) is 9.29. The van der Waals surface area contributed by atoms with Crippen molar-refractivity contribution in [3.8, 4) is 0 Å². The monoisotopic (exact) mass is 314 g/mol. The van der Waals surface area contributed by atoms with Crippen LogP contribution in [0.3, 0.4) is 0 Å². The fraction of sp³-hybridized carbons (Fsp3) is 0.364. The molecule has 1 aromatic carbocycles. The molecule has 1 aromatic rings. The smallest absolute Gasteiger partial charge is 1.00 e. The Morgan fingerprint density at radius 2 is 1.84 bits per heavy atom. The van der Waals surface area contributed by atoms with Gasteiger partial charge in [0.05, 0.1) is 25.0 Å². The Balaban J connectivity index is 0. The van der Waals surface area contributed by atoms with E-state index in [0.29, 0.717) is 12.2 Å². The normalized spacial score (nSPS) is 10.6. The van der Waals surface area contributed by atoms with Gasteiger partial charge in [-0.2, -0.15) is 8.42 Å². The van der Waals surface area contributed by atoms with Crippen LogP contribution in [-0.2, 0) is 35.3 Å². The van der Waals surface area contributed by atoms with Crippen LogP contribution in [0, 0.1) is 0 Å². The topological polar surface area (TPSA) is 78.9 Å². The summed E-state index contributed by atoms with van der Waals surface area (Å²) in [4.78, 5) is 15.3. The molecule has 0 aliphatic heterocycles. The molecule has 0 spiro atoms. The van der Waals surface area contributed by atoms with Crippen molar-refractivity contribution in [3.63, 3.8) is 0 Å². The van der Waals surface area contributed by atoms with Crippen LogP contribution in [0.2, 0.25) is 0 Å². The second kappa shape index (κ2) is 9.19. The number of hydrogen-bond acceptors (Lipinski definition) is 6. The number of carbonyl (C=O) groups is 1. The SMILES string of the molecule is CCOC(=O)Cc1ccc(S(=O)(=O)OOC)cc1.[H-].[K+]. The maximum atomic E-state index is 11.4. The van der Waals surface area contributed by atoms with Gasteiger partial charge in [0.1, 0.15) is 0 Å². The molecule has 0 radical (unpaired) electrons. The van der Waals surface area contributed by atoms with E-state index in [-0.39, 0.29) is 70.1 Å². The third-order valence-corrected chi connectivity index (χ3v) is 3.19. The molecule has 0 unspecified atom stereocenters. The average Bonchev–Trinajstić information content (AvgIpc) is 2.30. The van der Waals surface area contributed by atoms with Gasteiger partial charge in [-0.3, -0.25) is 4.79 Å². The molecule has 0 aliphatic rings. The Bertz CT molecular complexity index is 502. The van der Waals surface area contributed by atoms with Crippen LogP contribution in [0.1, 0.15) is 13.9 Å². The van der Waals surface area contributed by atoms with E-state index in [4.69, 9.17) is 4.74 Å². The molecule has 0 saturated carbocycles. The van der Waals surface area contributed by atoms with Crippen LogP contribution in [0.25, 0.3) is 0 Å². The van der Waals surface area contributed by atoms with Crippen LogP contribution in [0.15, 0.2) is 29.2 Å². The Morgan fingerprint density at radius 1 is 1.26 bits per heavy atom. The van der Waals surface area contributed by atoms with Gasteiger partial charge >= 0.3 is 67.5 Å².